The summed E-state index contributed by atoms with van der Waals surface area (Å²) in [5.41, 5.74) is 3.23. The summed E-state index contributed by atoms with van der Waals surface area (Å²) in [6.45, 7) is 1.39. The third kappa shape index (κ3) is 5.28. The van der Waals surface area contributed by atoms with Crippen LogP contribution in [0.2, 0.25) is 5.02 Å². The summed E-state index contributed by atoms with van der Waals surface area (Å²) in [6.07, 6.45) is 1.67. The van der Waals surface area contributed by atoms with Crippen molar-refractivity contribution in [2.45, 2.75) is 6.92 Å². The van der Waals surface area contributed by atoms with Crippen molar-refractivity contribution in [2.75, 3.05) is 24.9 Å². The van der Waals surface area contributed by atoms with Crippen LogP contribution in [-0.2, 0) is 4.79 Å². The largest absolute Gasteiger partial charge is 0.493 e. The molecule has 0 saturated heterocycles. The average molecular weight is 491 g/mol. The van der Waals surface area contributed by atoms with E-state index in [0.717, 1.165) is 5.69 Å². The fourth-order valence-corrected chi connectivity index (χ4v) is 3.76. The lowest BCUT2D eigenvalue weighted by Crippen LogP contribution is -2.13. The average Bonchev–Trinajstić information content (AvgIpc) is 3.31. The molecule has 8 nitrogen and oxygen atoms in total. The minimum atomic E-state index is -0.375. The van der Waals surface area contributed by atoms with Crippen LogP contribution in [0.15, 0.2) is 72.9 Å². The number of halogens is 1. The molecule has 1 aromatic heterocycles. The first-order valence-corrected chi connectivity index (χ1v) is 11.0. The Morgan fingerprint density at radius 3 is 2.31 bits per heavy atom. The molecule has 0 aliphatic heterocycles. The van der Waals surface area contributed by atoms with E-state index in [9.17, 15) is 9.59 Å². The van der Waals surface area contributed by atoms with Crippen molar-refractivity contribution < 1.29 is 19.1 Å². The fraction of sp³-hybridized carbons (Fsp3) is 0.115. The van der Waals surface area contributed by atoms with Gasteiger partial charge in [-0.1, -0.05) is 29.8 Å². The molecule has 0 aliphatic carbocycles. The quantitative estimate of drug-likeness (QED) is 0.360. The number of benzene rings is 3. The van der Waals surface area contributed by atoms with Crippen LogP contribution < -0.4 is 20.1 Å². The van der Waals surface area contributed by atoms with Gasteiger partial charge in [-0.15, -0.1) is 0 Å². The van der Waals surface area contributed by atoms with Crippen LogP contribution >= 0.6 is 11.6 Å². The van der Waals surface area contributed by atoms with Gasteiger partial charge in [0.25, 0.3) is 5.91 Å². The predicted octanol–water partition coefficient (Wildman–Crippen LogP) is 5.42. The Labute approximate surface area is 207 Å². The van der Waals surface area contributed by atoms with Crippen molar-refractivity contribution in [3.05, 3.63) is 83.5 Å². The third-order valence-corrected chi connectivity index (χ3v) is 5.49. The Kier molecular flexibility index (Phi) is 7.03. The van der Waals surface area contributed by atoms with Crippen molar-refractivity contribution in [1.82, 2.24) is 9.78 Å². The number of nitrogens with one attached hydrogen (secondary N) is 2. The van der Waals surface area contributed by atoms with E-state index in [4.69, 9.17) is 26.2 Å². The lowest BCUT2D eigenvalue weighted by Gasteiger charge is -2.10. The third-order valence-electron chi connectivity index (χ3n) is 5.17. The number of aromatic nitrogens is 2. The summed E-state index contributed by atoms with van der Waals surface area (Å²) in [7, 11) is 3.11. The van der Waals surface area contributed by atoms with Crippen molar-refractivity contribution in [3.63, 3.8) is 0 Å². The van der Waals surface area contributed by atoms with Crippen molar-refractivity contribution in [1.29, 1.82) is 0 Å². The van der Waals surface area contributed by atoms with Crippen molar-refractivity contribution >= 4 is 34.8 Å². The lowest BCUT2D eigenvalue weighted by molar-refractivity contribution is -0.114. The number of ether oxygens (including phenoxy) is 2. The molecule has 9 heteroatoms. The van der Waals surface area contributed by atoms with Gasteiger partial charge in [0.1, 0.15) is 5.69 Å². The maximum absolute atomic E-state index is 13.4. The molecule has 4 rings (SSSR count). The molecule has 0 unspecified atom stereocenters. The molecule has 178 valence electrons. The lowest BCUT2D eigenvalue weighted by atomic mass is 10.1. The van der Waals surface area contributed by atoms with Gasteiger partial charge in [0.05, 0.1) is 36.2 Å². The number of carbonyl (C=O) groups is 2. The molecule has 35 heavy (non-hydrogen) atoms. The van der Waals surface area contributed by atoms with Crippen molar-refractivity contribution in [3.8, 4) is 28.4 Å². The molecule has 0 spiro atoms. The Morgan fingerprint density at radius 2 is 1.66 bits per heavy atom. The molecule has 2 N–H and O–H groups in total. The number of amides is 2. The highest BCUT2D eigenvalue weighted by atomic mass is 35.5. The molecular formula is C26H23ClN4O4. The number of hydrogen-bond donors (Lipinski definition) is 2. The smallest absolute Gasteiger partial charge is 0.259 e. The highest BCUT2D eigenvalue weighted by Gasteiger charge is 2.20. The normalized spacial score (nSPS) is 10.5. The van der Waals surface area contributed by atoms with E-state index in [-0.39, 0.29) is 11.8 Å². The molecule has 0 bridgehead atoms. The molecule has 3 aromatic carbocycles. The summed E-state index contributed by atoms with van der Waals surface area (Å²) in [5.74, 6) is 0.474. The van der Waals surface area contributed by atoms with E-state index in [0.29, 0.717) is 44.7 Å². The first kappa shape index (κ1) is 23.8. The Balaban J connectivity index is 1.73. The highest BCUT2D eigenvalue weighted by molar-refractivity contribution is 6.34. The molecule has 4 aromatic rings. The Bertz CT molecular complexity index is 1390. The number of carbonyl (C=O) groups excluding carboxylic acids is 2. The first-order chi connectivity index (χ1) is 16.9. The van der Waals surface area contributed by atoms with Crippen LogP contribution in [0.1, 0.15) is 17.3 Å². The zero-order valence-electron chi connectivity index (χ0n) is 19.3. The van der Waals surface area contributed by atoms with Gasteiger partial charge >= 0.3 is 0 Å². The van der Waals surface area contributed by atoms with Gasteiger partial charge in [0.2, 0.25) is 5.91 Å². The Morgan fingerprint density at radius 1 is 0.914 bits per heavy atom. The van der Waals surface area contributed by atoms with Gasteiger partial charge in [0, 0.05) is 24.4 Å². The van der Waals surface area contributed by atoms with Gasteiger partial charge in [-0.25, -0.2) is 4.68 Å². The van der Waals surface area contributed by atoms with Gasteiger partial charge in [0.15, 0.2) is 11.5 Å². The SMILES string of the molecule is COc1ccc(-c2nn(-c3ccccc3)cc2C(=O)Nc2ccc(NC(C)=O)c(Cl)c2)cc1OC. The second-order valence-corrected chi connectivity index (χ2v) is 7.98. The van der Waals surface area contributed by atoms with E-state index in [1.165, 1.54) is 6.92 Å². The Hall–Kier alpha value is -4.30. The second kappa shape index (κ2) is 10.3. The van der Waals surface area contributed by atoms with Crippen LogP contribution in [0.3, 0.4) is 0 Å². The number of hydrogen-bond acceptors (Lipinski definition) is 5. The van der Waals surface area contributed by atoms with Crippen LogP contribution in [-0.4, -0.2) is 35.8 Å². The van der Waals surface area contributed by atoms with Gasteiger partial charge in [-0.05, 0) is 48.5 Å². The molecular weight excluding hydrogens is 468 g/mol. The molecule has 0 atom stereocenters. The van der Waals surface area contributed by atoms with E-state index >= 15 is 0 Å². The summed E-state index contributed by atoms with van der Waals surface area (Å²) in [6, 6.07) is 19.7. The molecule has 1 heterocycles. The van der Waals surface area contributed by atoms with Crippen LogP contribution in [0.4, 0.5) is 11.4 Å². The maximum atomic E-state index is 13.4. The zero-order valence-corrected chi connectivity index (χ0v) is 20.1. The zero-order chi connectivity index (χ0) is 24.9. The fourth-order valence-electron chi connectivity index (χ4n) is 3.53. The number of rotatable bonds is 7. The van der Waals surface area contributed by atoms with E-state index in [2.05, 4.69) is 10.6 Å². The van der Waals surface area contributed by atoms with Crippen LogP contribution in [0.25, 0.3) is 16.9 Å². The van der Waals surface area contributed by atoms with Gasteiger partial charge < -0.3 is 20.1 Å². The number of anilines is 2. The predicted molar refractivity (Wildman–Crippen MR) is 136 cm³/mol. The monoisotopic (exact) mass is 490 g/mol. The van der Waals surface area contributed by atoms with E-state index in [1.807, 2.05) is 36.4 Å². The number of para-hydroxylation sites is 1. The highest BCUT2D eigenvalue weighted by Crippen LogP contribution is 2.34. The molecule has 0 fully saturated rings. The molecule has 0 saturated carbocycles. The van der Waals surface area contributed by atoms with E-state index in [1.54, 1.807) is 55.4 Å². The van der Waals surface area contributed by atoms with E-state index < -0.39 is 0 Å². The molecule has 0 radical (unpaired) electrons. The minimum absolute atomic E-state index is 0.239. The summed E-state index contributed by atoms with van der Waals surface area (Å²) >= 11 is 6.27. The van der Waals surface area contributed by atoms with Gasteiger partial charge in [-0.3, -0.25) is 9.59 Å². The topological polar surface area (TPSA) is 94.5 Å². The van der Waals surface area contributed by atoms with Crippen LogP contribution in [0.5, 0.6) is 11.5 Å². The minimum Gasteiger partial charge on any atom is -0.493 e. The number of methoxy groups -OCH3 is 2. The first-order valence-electron chi connectivity index (χ1n) is 10.7. The summed E-state index contributed by atoms with van der Waals surface area (Å²) < 4.78 is 12.4. The number of nitrogens with zero attached hydrogens (tertiary/aromatic N) is 2. The standard InChI is InChI=1S/C26H23ClN4O4/c1-16(32)28-22-11-10-18(14-21(22)27)29-26(33)20-15-31(19-7-5-4-6-8-19)30-25(20)17-9-12-23(34-2)24(13-17)35-3/h4-15H,1-3H3,(H,28,32)(H,29,33). The summed E-state index contributed by atoms with van der Waals surface area (Å²) in [5, 5.41) is 10.5. The second-order valence-electron chi connectivity index (χ2n) is 7.57. The van der Waals surface area contributed by atoms with Crippen LogP contribution in [0, 0.1) is 0 Å². The summed E-state index contributed by atoms with van der Waals surface area (Å²) in [4.78, 5) is 24.7. The molecule has 2 amide bonds. The van der Waals surface area contributed by atoms with Crippen molar-refractivity contribution in [2.24, 2.45) is 0 Å². The molecule has 0 aliphatic rings. The maximum Gasteiger partial charge on any atom is 0.259 e. The van der Waals surface area contributed by atoms with Gasteiger partial charge in [-0.2, -0.15) is 5.10 Å².